The van der Waals surface area contributed by atoms with Gasteiger partial charge in [-0.2, -0.15) is 0 Å². The van der Waals surface area contributed by atoms with Crippen molar-refractivity contribution >= 4 is 0 Å². The van der Waals surface area contributed by atoms with Gasteiger partial charge in [-0.05, 0) is 26.8 Å². The molecule has 3 heteroatoms. The van der Waals surface area contributed by atoms with Gasteiger partial charge in [0.25, 0.3) is 0 Å². The molecular weight excluding hydrogens is 174 g/mol. The van der Waals surface area contributed by atoms with E-state index < -0.39 is 0 Å². The minimum Gasteiger partial charge on any atom is -0.371 e. The van der Waals surface area contributed by atoms with Crippen molar-refractivity contribution in [3.8, 4) is 0 Å². The Morgan fingerprint density at radius 2 is 1.79 bits per heavy atom. The third-order valence-corrected chi connectivity index (χ3v) is 1.22. The maximum Gasteiger partial charge on any atom is 0.115 e. The molecule has 0 saturated carbocycles. The van der Waals surface area contributed by atoms with Crippen LogP contribution in [0.25, 0.3) is 0 Å². The Morgan fingerprint density at radius 1 is 1.29 bits per heavy atom. The summed E-state index contributed by atoms with van der Waals surface area (Å²) in [7, 11) is 0. The molecule has 0 rings (SSSR count). The van der Waals surface area contributed by atoms with E-state index in [1.807, 2.05) is 32.9 Å². The summed E-state index contributed by atoms with van der Waals surface area (Å²) in [4.78, 5) is 0. The highest BCUT2D eigenvalue weighted by Gasteiger charge is 1.95. The molecule has 0 aliphatic rings. The van der Waals surface area contributed by atoms with Gasteiger partial charge in [-0.1, -0.05) is 26.3 Å². The monoisotopic (exact) mass is 199 g/mol. The molecule has 0 heterocycles. The second-order valence-corrected chi connectivity index (χ2v) is 2.80. The zero-order valence-corrected chi connectivity index (χ0v) is 10.2. The molecule has 0 aromatic carbocycles. The molecule has 3 nitrogen and oxygen atoms in total. The molecule has 0 saturated heterocycles. The fourth-order valence-corrected chi connectivity index (χ4v) is 0.764. The molecule has 14 heavy (non-hydrogen) atoms. The summed E-state index contributed by atoms with van der Waals surface area (Å²) in [5.41, 5.74) is 0. The van der Waals surface area contributed by atoms with Gasteiger partial charge in [-0.15, -0.1) is 0 Å². The van der Waals surface area contributed by atoms with Crippen molar-refractivity contribution in [2.75, 3.05) is 6.54 Å². The number of nitrogens with two attached hydrogens (primary N) is 1. The van der Waals surface area contributed by atoms with Crippen LogP contribution in [0.5, 0.6) is 0 Å². The molecule has 0 aliphatic heterocycles. The van der Waals surface area contributed by atoms with Crippen LogP contribution in [-0.4, -0.2) is 11.6 Å². The van der Waals surface area contributed by atoms with E-state index in [4.69, 9.17) is 5.84 Å². The standard InChI is InChI=1S/C8H17N3.C3H8/c1-4-7-11(9)8(5-2)10-6-3;1-3-2/h4-5,7,10H,6,9H2,1-3H3;3H2,1-2H3/b7-4-,8-5-;. The van der Waals surface area contributed by atoms with Gasteiger partial charge < -0.3 is 5.32 Å². The highest BCUT2D eigenvalue weighted by atomic mass is 15.4. The van der Waals surface area contributed by atoms with Crippen LogP contribution in [0.15, 0.2) is 24.2 Å². The molecule has 0 spiro atoms. The predicted molar refractivity (Wildman–Crippen MR) is 64.2 cm³/mol. The van der Waals surface area contributed by atoms with Crippen LogP contribution in [0.3, 0.4) is 0 Å². The average Bonchev–Trinajstić information content (AvgIpc) is 2.15. The first-order chi connectivity index (χ1) is 6.67. The van der Waals surface area contributed by atoms with Crippen molar-refractivity contribution < 1.29 is 0 Å². The zero-order valence-electron chi connectivity index (χ0n) is 10.2. The van der Waals surface area contributed by atoms with Gasteiger partial charge in [0.1, 0.15) is 5.82 Å². The van der Waals surface area contributed by atoms with Crippen LogP contribution in [0, 0.1) is 0 Å². The van der Waals surface area contributed by atoms with E-state index in [1.165, 1.54) is 6.42 Å². The maximum atomic E-state index is 5.64. The molecule has 3 N–H and O–H groups in total. The van der Waals surface area contributed by atoms with Gasteiger partial charge in [0.15, 0.2) is 0 Å². The molecular formula is C11H25N3. The van der Waals surface area contributed by atoms with Gasteiger partial charge in [-0.25, -0.2) is 5.84 Å². The molecule has 0 radical (unpaired) electrons. The first-order valence-electron chi connectivity index (χ1n) is 5.24. The quantitative estimate of drug-likeness (QED) is 0.540. The maximum absolute atomic E-state index is 5.64. The highest BCUT2D eigenvalue weighted by Crippen LogP contribution is 1.93. The third kappa shape index (κ3) is 9.13. The van der Waals surface area contributed by atoms with Crippen molar-refractivity contribution in [3.05, 3.63) is 24.2 Å². The summed E-state index contributed by atoms with van der Waals surface area (Å²) < 4.78 is 0. The fraction of sp³-hybridized carbons (Fsp3) is 0.636. The van der Waals surface area contributed by atoms with E-state index in [2.05, 4.69) is 19.2 Å². The van der Waals surface area contributed by atoms with Crippen molar-refractivity contribution in [3.63, 3.8) is 0 Å². The lowest BCUT2D eigenvalue weighted by Gasteiger charge is -2.17. The minimum atomic E-state index is 0.880. The predicted octanol–water partition coefficient (Wildman–Crippen LogP) is 2.58. The van der Waals surface area contributed by atoms with Crippen LogP contribution in [-0.2, 0) is 0 Å². The lowest BCUT2D eigenvalue weighted by Crippen LogP contribution is -2.32. The molecule has 0 amide bonds. The SMILES string of the molecule is C/C=C\N(N)/C(=C\C)NCC.CCC. The molecule has 0 aromatic rings. The summed E-state index contributed by atoms with van der Waals surface area (Å²) in [6.45, 7) is 11.0. The van der Waals surface area contributed by atoms with E-state index in [0.29, 0.717) is 0 Å². The molecule has 0 fully saturated rings. The number of allylic oxidation sites excluding steroid dienone is 2. The summed E-state index contributed by atoms with van der Waals surface area (Å²) in [5.74, 6) is 6.56. The molecule has 0 bridgehead atoms. The van der Waals surface area contributed by atoms with Crippen LogP contribution >= 0.6 is 0 Å². The lowest BCUT2D eigenvalue weighted by molar-refractivity contribution is 0.447. The zero-order chi connectivity index (χ0) is 11.4. The second-order valence-electron chi connectivity index (χ2n) is 2.80. The Kier molecular flexibility index (Phi) is 13.3. The third-order valence-electron chi connectivity index (χ3n) is 1.22. The lowest BCUT2D eigenvalue weighted by atomic mass is 10.5. The Bertz CT molecular complexity index is 162. The molecule has 84 valence electrons. The summed E-state index contributed by atoms with van der Waals surface area (Å²) in [6, 6.07) is 0. The van der Waals surface area contributed by atoms with Crippen molar-refractivity contribution in [1.29, 1.82) is 0 Å². The molecule has 0 aliphatic carbocycles. The van der Waals surface area contributed by atoms with E-state index in [0.717, 1.165) is 12.4 Å². The van der Waals surface area contributed by atoms with Gasteiger partial charge in [0.05, 0.1) is 0 Å². The van der Waals surface area contributed by atoms with Crippen molar-refractivity contribution in [2.45, 2.75) is 41.0 Å². The van der Waals surface area contributed by atoms with E-state index >= 15 is 0 Å². The normalized spacial score (nSPS) is 10.9. The Balaban J connectivity index is 0. The first-order valence-corrected chi connectivity index (χ1v) is 5.24. The number of hydrogen-bond acceptors (Lipinski definition) is 3. The largest absolute Gasteiger partial charge is 0.371 e. The molecule has 0 aromatic heterocycles. The smallest absolute Gasteiger partial charge is 0.115 e. The number of nitrogens with one attached hydrogen (secondary N) is 1. The van der Waals surface area contributed by atoms with Gasteiger partial charge in [-0.3, -0.25) is 5.01 Å². The number of hydrazine groups is 1. The van der Waals surface area contributed by atoms with Crippen molar-refractivity contribution in [1.82, 2.24) is 10.3 Å². The number of rotatable bonds is 4. The topological polar surface area (TPSA) is 41.3 Å². The van der Waals surface area contributed by atoms with E-state index in [-0.39, 0.29) is 0 Å². The van der Waals surface area contributed by atoms with Gasteiger partial charge in [0.2, 0.25) is 0 Å². The van der Waals surface area contributed by atoms with Crippen molar-refractivity contribution in [2.24, 2.45) is 5.84 Å². The van der Waals surface area contributed by atoms with Gasteiger partial charge >= 0.3 is 0 Å². The summed E-state index contributed by atoms with van der Waals surface area (Å²) in [5, 5.41) is 4.69. The Morgan fingerprint density at radius 3 is 2.07 bits per heavy atom. The number of hydrogen-bond donors (Lipinski definition) is 2. The van der Waals surface area contributed by atoms with Crippen LogP contribution < -0.4 is 11.2 Å². The first kappa shape index (κ1) is 15.5. The fourth-order valence-electron chi connectivity index (χ4n) is 0.764. The van der Waals surface area contributed by atoms with Gasteiger partial charge in [0, 0.05) is 12.7 Å². The van der Waals surface area contributed by atoms with E-state index in [9.17, 15) is 0 Å². The van der Waals surface area contributed by atoms with Crippen LogP contribution in [0.4, 0.5) is 0 Å². The second kappa shape index (κ2) is 12.0. The van der Waals surface area contributed by atoms with Crippen LogP contribution in [0.1, 0.15) is 41.0 Å². The molecule has 0 unspecified atom stereocenters. The minimum absolute atomic E-state index is 0.880. The molecule has 0 atom stereocenters. The van der Waals surface area contributed by atoms with Crippen LogP contribution in [0.2, 0.25) is 0 Å². The highest BCUT2D eigenvalue weighted by molar-refractivity contribution is 4.99. The van der Waals surface area contributed by atoms with E-state index in [1.54, 1.807) is 11.2 Å². The Labute approximate surface area is 88.6 Å². The average molecular weight is 199 g/mol. The summed E-state index contributed by atoms with van der Waals surface area (Å²) in [6.07, 6.45) is 6.88. The summed E-state index contributed by atoms with van der Waals surface area (Å²) >= 11 is 0. The number of nitrogens with zero attached hydrogens (tertiary/aromatic N) is 1. The Hall–Kier alpha value is -0.960.